The molecule has 0 aliphatic heterocycles. The normalized spacial score (nSPS) is 21.7. The number of pyridine rings is 1. The number of hydrogen-bond acceptors (Lipinski definition) is 10. The van der Waals surface area contributed by atoms with Crippen LogP contribution in [0, 0.1) is 12.8 Å². The van der Waals surface area contributed by atoms with Gasteiger partial charge in [0.1, 0.15) is 16.9 Å². The number of hydrogen-bond donors (Lipinski definition) is 5. The lowest BCUT2D eigenvalue weighted by molar-refractivity contribution is 0.00446. The van der Waals surface area contributed by atoms with Gasteiger partial charge in [-0.1, -0.05) is 30.3 Å². The number of nitrogens with one attached hydrogen (secondary N) is 2. The highest BCUT2D eigenvalue weighted by Crippen LogP contribution is 2.35. The number of nitrogens with zero attached hydrogens (tertiary/aromatic N) is 4. The summed E-state index contributed by atoms with van der Waals surface area (Å²) in [6, 6.07) is 13.1. The number of aliphatic hydroxyl groups is 3. The molecule has 1 fully saturated rings. The number of benzene rings is 1. The number of aryl methyl sites for hydroxylation is 1. The van der Waals surface area contributed by atoms with E-state index in [1.165, 1.54) is 11.3 Å². The van der Waals surface area contributed by atoms with Crippen molar-refractivity contribution < 1.29 is 15.3 Å². The Bertz CT molecular complexity index is 1300. The minimum absolute atomic E-state index is 0.200. The van der Waals surface area contributed by atoms with Crippen LogP contribution in [0.25, 0.3) is 21.8 Å². The summed E-state index contributed by atoms with van der Waals surface area (Å²) in [5.74, 6) is 0.445. The highest BCUT2D eigenvalue weighted by Gasteiger charge is 2.41. The molecule has 0 radical (unpaired) electrons. The molecule has 9 nitrogen and oxygen atoms in total. The van der Waals surface area contributed by atoms with Gasteiger partial charge in [-0.15, -0.1) is 11.3 Å². The maximum atomic E-state index is 10.6. The lowest BCUT2D eigenvalue weighted by Crippen LogP contribution is -2.35. The van der Waals surface area contributed by atoms with Gasteiger partial charge in [0.2, 0.25) is 5.95 Å². The van der Waals surface area contributed by atoms with Crippen LogP contribution in [-0.2, 0) is 0 Å². The van der Waals surface area contributed by atoms with Crippen molar-refractivity contribution in [3.8, 4) is 21.8 Å². The molecule has 4 aromatic rings. The van der Waals surface area contributed by atoms with E-state index in [2.05, 4.69) is 25.6 Å². The molecule has 10 heteroatoms. The van der Waals surface area contributed by atoms with Crippen LogP contribution in [0.15, 0.2) is 60.2 Å². The molecule has 3 heterocycles. The van der Waals surface area contributed by atoms with Crippen molar-refractivity contribution in [2.24, 2.45) is 5.92 Å². The Morgan fingerprint density at radius 1 is 1.06 bits per heavy atom. The molecule has 1 aromatic carbocycles. The molecule has 0 bridgehead atoms. The van der Waals surface area contributed by atoms with Crippen LogP contribution in [0.2, 0.25) is 0 Å². The SMILES string of the molecule is Cc1cc(Nc2ncc(-c3nc(-c4ccccc4)cs3)c(N[C@@H]3C[C@H](CO)[C@@H](O)[C@H]3O)n2)ccn1. The van der Waals surface area contributed by atoms with Crippen LogP contribution < -0.4 is 10.6 Å². The summed E-state index contributed by atoms with van der Waals surface area (Å²) in [5.41, 5.74) is 4.20. The third-order valence-corrected chi connectivity index (χ3v) is 6.98. The van der Waals surface area contributed by atoms with Crippen molar-refractivity contribution in [3.05, 3.63) is 65.9 Å². The standard InChI is InChI=1S/C25H26N6O3S/c1-14-9-17(7-8-26-14)28-25-27-11-18(24-30-20(13-35-24)15-5-3-2-4-6-15)23(31-25)29-19-10-16(12-32)21(33)22(19)34/h2-9,11,13,16,19,21-22,32-34H,10,12H2,1H3,(H2,26,27,28,29,31)/t16-,19-,21-,22+/m1/s1. The largest absolute Gasteiger partial charge is 0.396 e. The molecule has 3 aromatic heterocycles. The fourth-order valence-electron chi connectivity index (χ4n) is 4.22. The first-order valence-corrected chi connectivity index (χ1v) is 12.2. The zero-order valence-corrected chi connectivity index (χ0v) is 19.9. The van der Waals surface area contributed by atoms with Crippen LogP contribution in [-0.4, -0.2) is 60.1 Å². The van der Waals surface area contributed by atoms with E-state index in [1.54, 1.807) is 12.4 Å². The highest BCUT2D eigenvalue weighted by molar-refractivity contribution is 7.13. The average molecular weight is 491 g/mol. The van der Waals surface area contributed by atoms with Crippen LogP contribution in [0.4, 0.5) is 17.5 Å². The molecule has 0 unspecified atom stereocenters. The lowest BCUT2D eigenvalue weighted by Gasteiger charge is -2.20. The fraction of sp³-hybridized carbons (Fsp3) is 0.280. The van der Waals surface area contributed by atoms with Crippen molar-refractivity contribution >= 4 is 28.8 Å². The predicted octanol–water partition coefficient (Wildman–Crippen LogP) is 3.23. The van der Waals surface area contributed by atoms with Crippen LogP contribution >= 0.6 is 11.3 Å². The second-order valence-electron chi connectivity index (χ2n) is 8.58. The summed E-state index contributed by atoms with van der Waals surface area (Å²) in [7, 11) is 0. The molecule has 0 saturated heterocycles. The van der Waals surface area contributed by atoms with E-state index >= 15 is 0 Å². The first-order valence-electron chi connectivity index (χ1n) is 11.3. The van der Waals surface area contributed by atoms with E-state index in [9.17, 15) is 15.3 Å². The number of rotatable bonds is 7. The first kappa shape index (κ1) is 23.3. The van der Waals surface area contributed by atoms with Crippen molar-refractivity contribution in [3.63, 3.8) is 0 Å². The minimum atomic E-state index is -1.04. The molecule has 35 heavy (non-hydrogen) atoms. The van der Waals surface area contributed by atoms with E-state index in [-0.39, 0.29) is 6.61 Å². The Balaban J connectivity index is 1.49. The second-order valence-corrected chi connectivity index (χ2v) is 9.44. The first-order chi connectivity index (χ1) is 17.0. The Hall–Kier alpha value is -3.44. The molecule has 0 spiro atoms. The molecule has 1 aliphatic carbocycles. The molecular weight excluding hydrogens is 464 g/mol. The zero-order chi connectivity index (χ0) is 24.4. The van der Waals surface area contributed by atoms with E-state index in [4.69, 9.17) is 4.98 Å². The Kier molecular flexibility index (Phi) is 6.69. The smallest absolute Gasteiger partial charge is 0.229 e. The summed E-state index contributed by atoms with van der Waals surface area (Å²) >= 11 is 1.48. The molecule has 180 valence electrons. The third-order valence-electron chi connectivity index (χ3n) is 6.10. The van der Waals surface area contributed by atoms with E-state index in [1.807, 2.05) is 54.8 Å². The molecular formula is C25H26N6O3S. The summed E-state index contributed by atoms with van der Waals surface area (Å²) < 4.78 is 0. The van der Waals surface area contributed by atoms with Crippen molar-refractivity contribution in [2.75, 3.05) is 17.2 Å². The fourth-order valence-corrected chi connectivity index (χ4v) is 5.06. The van der Waals surface area contributed by atoms with E-state index in [0.29, 0.717) is 23.8 Å². The van der Waals surface area contributed by atoms with Crippen molar-refractivity contribution in [1.82, 2.24) is 19.9 Å². The van der Waals surface area contributed by atoms with Gasteiger partial charge in [0, 0.05) is 47.2 Å². The number of anilines is 3. The Labute approximate surface area is 206 Å². The van der Waals surface area contributed by atoms with Crippen LogP contribution in [0.3, 0.4) is 0 Å². The molecule has 5 N–H and O–H groups in total. The van der Waals surface area contributed by atoms with Crippen LogP contribution in [0.1, 0.15) is 12.1 Å². The van der Waals surface area contributed by atoms with Gasteiger partial charge in [0.05, 0.1) is 23.4 Å². The summed E-state index contributed by atoms with van der Waals surface area (Å²) in [6.45, 7) is 1.70. The maximum absolute atomic E-state index is 10.6. The van der Waals surface area contributed by atoms with E-state index in [0.717, 1.165) is 27.6 Å². The number of aliphatic hydroxyl groups excluding tert-OH is 3. The number of aromatic nitrogens is 4. The van der Waals surface area contributed by atoms with Gasteiger partial charge in [-0.3, -0.25) is 4.98 Å². The molecule has 1 aliphatic rings. The third kappa shape index (κ3) is 5.01. The minimum Gasteiger partial charge on any atom is -0.396 e. The lowest BCUT2D eigenvalue weighted by atomic mass is 10.1. The molecule has 5 rings (SSSR count). The van der Waals surface area contributed by atoms with Gasteiger partial charge < -0.3 is 26.0 Å². The molecule has 0 amide bonds. The molecule has 4 atom stereocenters. The average Bonchev–Trinajstić information content (AvgIpc) is 3.46. The van der Waals surface area contributed by atoms with E-state index < -0.39 is 24.2 Å². The van der Waals surface area contributed by atoms with Gasteiger partial charge in [0.15, 0.2) is 0 Å². The zero-order valence-electron chi connectivity index (χ0n) is 19.0. The quantitative estimate of drug-likeness (QED) is 0.264. The van der Waals surface area contributed by atoms with Crippen LogP contribution in [0.5, 0.6) is 0 Å². The highest BCUT2D eigenvalue weighted by atomic mass is 32.1. The van der Waals surface area contributed by atoms with Gasteiger partial charge in [-0.2, -0.15) is 4.98 Å². The second kappa shape index (κ2) is 10.0. The summed E-state index contributed by atoms with van der Waals surface area (Å²) in [6.07, 6.45) is 1.76. The number of thiazole rings is 1. The monoisotopic (exact) mass is 490 g/mol. The summed E-state index contributed by atoms with van der Waals surface area (Å²) in [5, 5.41) is 39.6. The topological polar surface area (TPSA) is 136 Å². The van der Waals surface area contributed by atoms with Gasteiger partial charge >= 0.3 is 0 Å². The Morgan fingerprint density at radius 3 is 2.63 bits per heavy atom. The van der Waals surface area contributed by atoms with Gasteiger partial charge in [0.25, 0.3) is 0 Å². The molecule has 1 saturated carbocycles. The summed E-state index contributed by atoms with van der Waals surface area (Å²) in [4.78, 5) is 18.2. The predicted molar refractivity (Wildman–Crippen MR) is 135 cm³/mol. The van der Waals surface area contributed by atoms with Gasteiger partial charge in [-0.25, -0.2) is 9.97 Å². The van der Waals surface area contributed by atoms with Gasteiger partial charge in [-0.05, 0) is 25.5 Å². The Morgan fingerprint density at radius 2 is 1.89 bits per heavy atom. The van der Waals surface area contributed by atoms with Crippen molar-refractivity contribution in [2.45, 2.75) is 31.6 Å². The maximum Gasteiger partial charge on any atom is 0.229 e. The van der Waals surface area contributed by atoms with Crippen molar-refractivity contribution in [1.29, 1.82) is 0 Å².